The molecule has 0 aromatic rings. The summed E-state index contributed by atoms with van der Waals surface area (Å²) in [5, 5.41) is 9.97. The summed E-state index contributed by atoms with van der Waals surface area (Å²) in [5.41, 5.74) is 0. The van der Waals surface area contributed by atoms with Gasteiger partial charge >= 0.3 is 5.97 Å². The molecule has 122 valence electrons. The summed E-state index contributed by atoms with van der Waals surface area (Å²) >= 11 is 3.12. The smallest absolute Gasteiger partial charge is 0.345 e. The largest absolute Gasteiger partial charge is 0.451 e. The van der Waals surface area contributed by atoms with E-state index in [1.807, 2.05) is 0 Å². The number of cyclic esters (lactones) is 1. The molecule has 0 spiro atoms. The predicted molar refractivity (Wildman–Crippen MR) is 89.4 cm³/mol. The lowest BCUT2D eigenvalue weighted by Gasteiger charge is -2.15. The van der Waals surface area contributed by atoms with Crippen LogP contribution in [0.2, 0.25) is 0 Å². The molecule has 1 N–H and O–H groups in total. The van der Waals surface area contributed by atoms with Gasteiger partial charge in [0.1, 0.15) is 10.6 Å². The molecule has 1 aliphatic rings. The number of aliphatic hydroxyl groups excluding tert-OH is 1. The van der Waals surface area contributed by atoms with Gasteiger partial charge in [0.2, 0.25) is 0 Å². The number of halogens is 1. The first-order valence-electron chi connectivity index (χ1n) is 8.41. The minimum absolute atomic E-state index is 0.373. The molecule has 0 amide bonds. The van der Waals surface area contributed by atoms with Crippen LogP contribution in [0.3, 0.4) is 0 Å². The van der Waals surface area contributed by atoms with Gasteiger partial charge in [-0.15, -0.1) is 0 Å². The molecule has 4 heteroatoms. The Bertz CT molecular complexity index is 328. The van der Waals surface area contributed by atoms with E-state index in [-0.39, 0.29) is 5.97 Å². The Labute approximate surface area is 137 Å². The van der Waals surface area contributed by atoms with E-state index in [2.05, 4.69) is 22.9 Å². The van der Waals surface area contributed by atoms with E-state index in [1.165, 1.54) is 51.4 Å². The van der Waals surface area contributed by atoms with E-state index >= 15 is 0 Å². The maximum Gasteiger partial charge on any atom is 0.345 e. The van der Waals surface area contributed by atoms with Gasteiger partial charge in [0.25, 0.3) is 0 Å². The maximum atomic E-state index is 11.2. The summed E-state index contributed by atoms with van der Waals surface area (Å²) in [6.07, 6.45) is 14.1. The first-order chi connectivity index (χ1) is 10.1. The van der Waals surface area contributed by atoms with Crippen LogP contribution in [0, 0.1) is 0 Å². The number of unbranched alkanes of at least 4 members (excludes halogenated alkanes) is 9. The zero-order valence-corrected chi connectivity index (χ0v) is 14.7. The Morgan fingerprint density at radius 3 is 2.10 bits per heavy atom. The molecule has 0 radical (unpaired) electrons. The van der Waals surface area contributed by atoms with E-state index < -0.39 is 12.2 Å². The predicted octanol–water partition coefficient (Wildman–Crippen LogP) is 4.86. The topological polar surface area (TPSA) is 46.5 Å². The second-order valence-electron chi connectivity index (χ2n) is 5.92. The summed E-state index contributed by atoms with van der Waals surface area (Å²) in [6, 6.07) is 0. The highest BCUT2D eigenvalue weighted by molar-refractivity contribution is 9.12. The Hall–Kier alpha value is -0.350. The van der Waals surface area contributed by atoms with Crippen molar-refractivity contribution >= 4 is 21.9 Å². The molecule has 3 nitrogen and oxygen atoms in total. The lowest BCUT2D eigenvalue weighted by molar-refractivity contribution is -0.143. The van der Waals surface area contributed by atoms with Crippen LogP contribution in [0.5, 0.6) is 0 Å². The molecule has 0 bridgehead atoms. The normalized spacial score (nSPS) is 19.5. The lowest BCUT2D eigenvalue weighted by Crippen LogP contribution is -2.25. The highest BCUT2D eigenvalue weighted by atomic mass is 79.9. The second kappa shape index (κ2) is 11.2. The Morgan fingerprint density at radius 1 is 1.10 bits per heavy atom. The third-order valence-electron chi connectivity index (χ3n) is 3.98. The first-order valence-corrected chi connectivity index (χ1v) is 9.20. The van der Waals surface area contributed by atoms with E-state index in [1.54, 1.807) is 6.08 Å². The molecule has 2 atom stereocenters. The van der Waals surface area contributed by atoms with E-state index in [0.717, 1.165) is 12.8 Å². The number of aliphatic hydroxyl groups is 1. The van der Waals surface area contributed by atoms with Crippen molar-refractivity contribution < 1.29 is 14.6 Å². The van der Waals surface area contributed by atoms with Crippen LogP contribution in [0.4, 0.5) is 0 Å². The highest BCUT2D eigenvalue weighted by Crippen LogP contribution is 2.23. The van der Waals surface area contributed by atoms with Crippen molar-refractivity contribution in [2.75, 3.05) is 0 Å². The van der Waals surface area contributed by atoms with Crippen molar-refractivity contribution in [2.24, 2.45) is 0 Å². The molecular formula is C17H29BrO3. The molecule has 1 rings (SSSR count). The van der Waals surface area contributed by atoms with E-state index in [4.69, 9.17) is 4.74 Å². The molecule has 0 aliphatic carbocycles. The number of hydrogen-bond donors (Lipinski definition) is 1. The minimum Gasteiger partial charge on any atom is -0.451 e. The number of rotatable bonds is 12. The van der Waals surface area contributed by atoms with Gasteiger partial charge in [0.15, 0.2) is 0 Å². The van der Waals surface area contributed by atoms with Crippen molar-refractivity contribution in [2.45, 2.75) is 89.8 Å². The summed E-state index contributed by atoms with van der Waals surface area (Å²) in [6.45, 7) is 2.25. The van der Waals surface area contributed by atoms with E-state index in [0.29, 0.717) is 10.9 Å². The quantitative estimate of drug-likeness (QED) is 0.399. The van der Waals surface area contributed by atoms with Gasteiger partial charge in [-0.1, -0.05) is 71.1 Å². The number of carbonyl (C=O) groups excluding carboxylic acids is 1. The highest BCUT2D eigenvalue weighted by Gasteiger charge is 2.28. The van der Waals surface area contributed by atoms with Gasteiger partial charge in [-0.05, 0) is 28.4 Å². The fraction of sp³-hybridized carbons (Fsp3) is 0.824. The average molecular weight is 361 g/mol. The standard InChI is InChI=1S/C17H29BrO3/c1-2-3-4-5-6-7-8-9-10-11-12-15(19)16-13-14(18)17(20)21-16/h13,15-16,19H,2-12H2,1H3/t15-,16-/m1/s1. The first kappa shape index (κ1) is 18.7. The fourth-order valence-corrected chi connectivity index (χ4v) is 2.97. The Kier molecular flexibility index (Phi) is 10.0. The van der Waals surface area contributed by atoms with Gasteiger partial charge in [0.05, 0.1) is 6.10 Å². The summed E-state index contributed by atoms with van der Waals surface area (Å²) < 4.78 is 5.47. The second-order valence-corrected chi connectivity index (χ2v) is 6.78. The lowest BCUT2D eigenvalue weighted by atomic mass is 10.0. The summed E-state index contributed by atoms with van der Waals surface area (Å²) in [7, 11) is 0. The number of ether oxygens (including phenoxy) is 1. The molecule has 0 unspecified atom stereocenters. The molecule has 1 heterocycles. The van der Waals surface area contributed by atoms with Crippen molar-refractivity contribution in [3.05, 3.63) is 10.6 Å². The van der Waals surface area contributed by atoms with Crippen LogP contribution in [-0.4, -0.2) is 23.3 Å². The maximum absolute atomic E-state index is 11.2. The van der Waals surface area contributed by atoms with Gasteiger partial charge in [-0.2, -0.15) is 0 Å². The molecular weight excluding hydrogens is 332 g/mol. The zero-order valence-electron chi connectivity index (χ0n) is 13.2. The SMILES string of the molecule is CCCCCCCCCCCC[C@@H](O)[C@H]1C=C(Br)C(=O)O1. The third kappa shape index (κ3) is 8.01. The van der Waals surface area contributed by atoms with Crippen LogP contribution in [0.1, 0.15) is 77.6 Å². The van der Waals surface area contributed by atoms with Crippen LogP contribution < -0.4 is 0 Å². The minimum atomic E-state index is -0.571. The molecule has 0 fully saturated rings. The zero-order chi connectivity index (χ0) is 15.5. The molecule has 0 saturated heterocycles. The van der Waals surface area contributed by atoms with Gasteiger partial charge < -0.3 is 9.84 Å². The van der Waals surface area contributed by atoms with Crippen LogP contribution >= 0.6 is 15.9 Å². The van der Waals surface area contributed by atoms with Crippen molar-refractivity contribution in [1.82, 2.24) is 0 Å². The van der Waals surface area contributed by atoms with Crippen LogP contribution in [0.25, 0.3) is 0 Å². The van der Waals surface area contributed by atoms with Crippen LogP contribution in [0.15, 0.2) is 10.6 Å². The number of hydrogen-bond acceptors (Lipinski definition) is 3. The van der Waals surface area contributed by atoms with E-state index in [9.17, 15) is 9.90 Å². The van der Waals surface area contributed by atoms with Crippen molar-refractivity contribution in [3.63, 3.8) is 0 Å². The van der Waals surface area contributed by atoms with Crippen molar-refractivity contribution in [3.8, 4) is 0 Å². The number of carbonyl (C=O) groups is 1. The summed E-state index contributed by atoms with van der Waals surface area (Å²) in [5.74, 6) is -0.373. The van der Waals surface area contributed by atoms with Gasteiger partial charge in [-0.3, -0.25) is 0 Å². The molecule has 0 aromatic carbocycles. The molecule has 0 aromatic heterocycles. The fourth-order valence-electron chi connectivity index (χ4n) is 2.62. The monoisotopic (exact) mass is 360 g/mol. The Balaban J connectivity index is 1.91. The average Bonchev–Trinajstić information content (AvgIpc) is 2.80. The van der Waals surface area contributed by atoms with Crippen LogP contribution in [-0.2, 0) is 9.53 Å². The molecule has 0 saturated carbocycles. The third-order valence-corrected chi connectivity index (χ3v) is 4.57. The Morgan fingerprint density at radius 2 is 1.62 bits per heavy atom. The van der Waals surface area contributed by atoms with Gasteiger partial charge in [-0.25, -0.2) is 4.79 Å². The van der Waals surface area contributed by atoms with Gasteiger partial charge in [0, 0.05) is 0 Å². The summed E-state index contributed by atoms with van der Waals surface area (Å²) in [4.78, 5) is 11.2. The molecule has 1 aliphatic heterocycles. The van der Waals surface area contributed by atoms with Crippen molar-refractivity contribution in [1.29, 1.82) is 0 Å². The molecule has 21 heavy (non-hydrogen) atoms. The number of esters is 1.